The molecule has 3 aliphatic rings. The third kappa shape index (κ3) is 4.59. The maximum atomic E-state index is 12.4. The lowest BCUT2D eigenvalue weighted by Crippen LogP contribution is -2.47. The van der Waals surface area contributed by atoms with Crippen LogP contribution in [0.25, 0.3) is 5.57 Å². The Kier molecular flexibility index (Phi) is 5.66. The number of amides is 2. The summed E-state index contributed by atoms with van der Waals surface area (Å²) in [6.45, 7) is 5.44. The van der Waals surface area contributed by atoms with Crippen LogP contribution in [0.1, 0.15) is 28.8 Å². The van der Waals surface area contributed by atoms with Crippen molar-refractivity contribution in [2.45, 2.75) is 12.8 Å². The number of rotatable bonds is 5. The van der Waals surface area contributed by atoms with Crippen molar-refractivity contribution in [3.8, 4) is 0 Å². The summed E-state index contributed by atoms with van der Waals surface area (Å²) in [5.74, 6) is 1.14. The largest absolute Gasteiger partial charge is 0.360 e. The normalized spacial score (nSPS) is 20.5. The van der Waals surface area contributed by atoms with Gasteiger partial charge >= 0.3 is 0 Å². The Morgan fingerprint density at radius 2 is 1.87 bits per heavy atom. The molecule has 0 spiro atoms. The van der Waals surface area contributed by atoms with Crippen molar-refractivity contribution in [1.29, 1.82) is 0 Å². The highest BCUT2D eigenvalue weighted by Crippen LogP contribution is 2.30. The predicted octanol–water partition coefficient (Wildman–Crippen LogP) is 2.94. The van der Waals surface area contributed by atoms with Crippen LogP contribution in [0.4, 0.5) is 11.5 Å². The quantitative estimate of drug-likeness (QED) is 0.353. The van der Waals surface area contributed by atoms with Gasteiger partial charge in [0, 0.05) is 53.6 Å². The summed E-state index contributed by atoms with van der Waals surface area (Å²) in [4.78, 5) is 34.0. The van der Waals surface area contributed by atoms with E-state index in [0.717, 1.165) is 47.2 Å². The molecule has 160 valence electrons. The first kappa shape index (κ1) is 20.4. The molecule has 0 bridgehead atoms. The first-order chi connectivity index (χ1) is 15.1. The summed E-state index contributed by atoms with van der Waals surface area (Å²) >= 11 is 2.18. The second-order valence-electron chi connectivity index (χ2n) is 8.31. The number of piperazine rings is 1. The van der Waals surface area contributed by atoms with Crippen LogP contribution in [-0.4, -0.2) is 54.4 Å². The minimum atomic E-state index is -0.402. The van der Waals surface area contributed by atoms with E-state index in [9.17, 15) is 9.59 Å². The fourth-order valence-electron chi connectivity index (χ4n) is 4.08. The van der Waals surface area contributed by atoms with Gasteiger partial charge in [-0.2, -0.15) is 0 Å². The standard InChI is InChI=1S/C23H24IN5O2/c24-16-3-5-18-19(11-16)20(23(31)27-22(18)30)13-25-17-4-6-21(26-12-17)29-9-7-28(8-10-29)14-15-1-2-15/h3-6,11-13,15,25H,1-2,7-10,14H2,(H,27,30,31). The number of halogens is 1. The lowest BCUT2D eigenvalue weighted by Gasteiger charge is -2.35. The molecule has 1 saturated heterocycles. The van der Waals surface area contributed by atoms with Gasteiger partial charge in [0.1, 0.15) is 5.82 Å². The molecule has 2 amide bonds. The topological polar surface area (TPSA) is 77.6 Å². The molecule has 2 aliphatic heterocycles. The minimum absolute atomic E-state index is 0.364. The van der Waals surface area contributed by atoms with E-state index in [0.29, 0.717) is 16.7 Å². The van der Waals surface area contributed by atoms with E-state index in [1.165, 1.54) is 19.4 Å². The first-order valence-electron chi connectivity index (χ1n) is 10.6. The van der Waals surface area contributed by atoms with Crippen LogP contribution in [0.15, 0.2) is 42.7 Å². The van der Waals surface area contributed by atoms with Gasteiger partial charge in [0.2, 0.25) is 0 Å². The van der Waals surface area contributed by atoms with Crippen LogP contribution in [0.2, 0.25) is 0 Å². The zero-order valence-corrected chi connectivity index (χ0v) is 19.3. The number of anilines is 2. The minimum Gasteiger partial charge on any atom is -0.360 e. The van der Waals surface area contributed by atoms with Gasteiger partial charge in [-0.25, -0.2) is 4.98 Å². The van der Waals surface area contributed by atoms with E-state index in [1.807, 2.05) is 24.3 Å². The smallest absolute Gasteiger partial charge is 0.260 e. The molecule has 31 heavy (non-hydrogen) atoms. The van der Waals surface area contributed by atoms with Gasteiger partial charge in [0.15, 0.2) is 0 Å². The van der Waals surface area contributed by atoms with Gasteiger partial charge in [-0.15, -0.1) is 0 Å². The van der Waals surface area contributed by atoms with E-state index in [-0.39, 0.29) is 5.91 Å². The number of carbonyl (C=O) groups excluding carboxylic acids is 2. The molecular formula is C23H24IN5O2. The summed E-state index contributed by atoms with van der Waals surface area (Å²) < 4.78 is 0.966. The number of carbonyl (C=O) groups is 2. The molecule has 2 fully saturated rings. The number of hydrogen-bond donors (Lipinski definition) is 2. The Morgan fingerprint density at radius 1 is 1.06 bits per heavy atom. The monoisotopic (exact) mass is 529 g/mol. The van der Waals surface area contributed by atoms with Crippen molar-refractivity contribution in [2.24, 2.45) is 5.92 Å². The van der Waals surface area contributed by atoms with E-state index in [1.54, 1.807) is 18.5 Å². The summed E-state index contributed by atoms with van der Waals surface area (Å²) in [5.41, 5.74) is 2.37. The van der Waals surface area contributed by atoms with E-state index in [4.69, 9.17) is 0 Å². The van der Waals surface area contributed by atoms with Crippen molar-refractivity contribution in [1.82, 2.24) is 15.2 Å². The van der Waals surface area contributed by atoms with Crippen molar-refractivity contribution in [3.63, 3.8) is 0 Å². The number of pyridine rings is 1. The third-order valence-corrected chi connectivity index (χ3v) is 6.70. The van der Waals surface area contributed by atoms with E-state index in [2.05, 4.69) is 48.0 Å². The Balaban J connectivity index is 1.25. The van der Waals surface area contributed by atoms with Gasteiger partial charge in [-0.05, 0) is 71.7 Å². The van der Waals surface area contributed by atoms with Gasteiger partial charge in [0.25, 0.3) is 11.8 Å². The zero-order chi connectivity index (χ0) is 21.4. The Bertz CT molecular complexity index is 1040. The summed E-state index contributed by atoms with van der Waals surface area (Å²) in [6, 6.07) is 9.43. The SMILES string of the molecule is O=C1NC(=O)c2ccc(I)cc2C1=CNc1ccc(N2CCN(CC3CC3)CC2)nc1. The Hall–Kier alpha value is -2.46. The number of fused-ring (bicyclic) bond motifs is 1. The molecule has 1 aromatic heterocycles. The number of nitrogens with zero attached hydrogens (tertiary/aromatic N) is 3. The van der Waals surface area contributed by atoms with Crippen LogP contribution >= 0.6 is 22.6 Å². The average Bonchev–Trinajstić information content (AvgIpc) is 3.58. The third-order valence-electron chi connectivity index (χ3n) is 6.03. The highest BCUT2D eigenvalue weighted by Gasteiger charge is 2.28. The summed E-state index contributed by atoms with van der Waals surface area (Å²) in [7, 11) is 0. The molecule has 0 atom stereocenters. The molecule has 3 heterocycles. The molecule has 8 heteroatoms. The number of hydrogen-bond acceptors (Lipinski definition) is 6. The second-order valence-corrected chi connectivity index (χ2v) is 9.56. The maximum absolute atomic E-state index is 12.4. The average molecular weight is 529 g/mol. The number of nitrogens with one attached hydrogen (secondary N) is 2. The van der Waals surface area contributed by atoms with Crippen LogP contribution < -0.4 is 15.5 Å². The fraction of sp³-hybridized carbons (Fsp3) is 0.348. The molecular weight excluding hydrogens is 505 g/mol. The zero-order valence-electron chi connectivity index (χ0n) is 17.1. The molecule has 0 unspecified atom stereocenters. The van der Waals surface area contributed by atoms with Gasteiger partial charge < -0.3 is 10.2 Å². The lowest BCUT2D eigenvalue weighted by molar-refractivity contribution is -0.114. The second kappa shape index (κ2) is 8.58. The number of benzene rings is 1. The molecule has 2 aromatic rings. The fourth-order valence-corrected chi connectivity index (χ4v) is 4.57. The van der Waals surface area contributed by atoms with Crippen LogP contribution in [0.3, 0.4) is 0 Å². The highest BCUT2D eigenvalue weighted by atomic mass is 127. The summed E-state index contributed by atoms with van der Waals surface area (Å²) in [5, 5.41) is 5.56. The molecule has 5 rings (SSSR count). The molecule has 2 N–H and O–H groups in total. The van der Waals surface area contributed by atoms with Crippen molar-refractivity contribution >= 4 is 51.5 Å². The first-order valence-corrected chi connectivity index (χ1v) is 11.7. The maximum Gasteiger partial charge on any atom is 0.260 e. The van der Waals surface area contributed by atoms with E-state index < -0.39 is 5.91 Å². The van der Waals surface area contributed by atoms with Crippen molar-refractivity contribution in [2.75, 3.05) is 42.9 Å². The van der Waals surface area contributed by atoms with E-state index >= 15 is 0 Å². The molecule has 0 radical (unpaired) electrons. The molecule has 7 nitrogen and oxygen atoms in total. The van der Waals surface area contributed by atoms with Crippen LogP contribution in [0, 0.1) is 9.49 Å². The Morgan fingerprint density at radius 3 is 2.58 bits per heavy atom. The van der Waals surface area contributed by atoms with Crippen molar-refractivity contribution < 1.29 is 9.59 Å². The number of aromatic nitrogens is 1. The molecule has 1 aliphatic carbocycles. The molecule has 1 aromatic carbocycles. The van der Waals surface area contributed by atoms with Crippen molar-refractivity contribution in [3.05, 3.63) is 57.4 Å². The molecule has 1 saturated carbocycles. The van der Waals surface area contributed by atoms with Crippen LogP contribution in [-0.2, 0) is 4.79 Å². The van der Waals surface area contributed by atoms with Crippen LogP contribution in [0.5, 0.6) is 0 Å². The Labute approximate surface area is 195 Å². The lowest BCUT2D eigenvalue weighted by atomic mass is 9.96. The predicted molar refractivity (Wildman–Crippen MR) is 129 cm³/mol. The van der Waals surface area contributed by atoms with Gasteiger partial charge in [-0.3, -0.25) is 19.8 Å². The number of imide groups is 1. The van der Waals surface area contributed by atoms with Gasteiger partial charge in [-0.1, -0.05) is 0 Å². The highest BCUT2D eigenvalue weighted by molar-refractivity contribution is 14.1. The van der Waals surface area contributed by atoms with Gasteiger partial charge in [0.05, 0.1) is 17.5 Å². The summed E-state index contributed by atoms with van der Waals surface area (Å²) in [6.07, 6.45) is 6.22.